The smallest absolute Gasteiger partial charge is 0.169 e. The van der Waals surface area contributed by atoms with Crippen LogP contribution in [-0.2, 0) is 0 Å². The predicted molar refractivity (Wildman–Crippen MR) is 153 cm³/mol. The molecule has 0 unspecified atom stereocenters. The summed E-state index contributed by atoms with van der Waals surface area (Å²) in [5.41, 5.74) is 5.29. The molecule has 1 heterocycles. The number of hydrogen-bond acceptors (Lipinski definition) is 5. The van der Waals surface area contributed by atoms with Crippen LogP contribution in [0, 0.1) is 18.8 Å². The Labute approximate surface area is 229 Å². The number of Topliss-reactive ketones (excluding diaryl/α,β-unsaturated/α-hetero) is 1. The van der Waals surface area contributed by atoms with Crippen molar-refractivity contribution in [1.82, 2.24) is 9.88 Å². The Morgan fingerprint density at radius 2 is 1.76 bits per heavy atom. The van der Waals surface area contributed by atoms with Crippen molar-refractivity contribution in [1.29, 1.82) is 0 Å². The molecule has 5 nitrogen and oxygen atoms in total. The molecule has 0 bridgehead atoms. The number of benzene rings is 2. The van der Waals surface area contributed by atoms with Gasteiger partial charge in [0, 0.05) is 46.7 Å². The summed E-state index contributed by atoms with van der Waals surface area (Å²) < 4.78 is 0. The number of carbonyl (C=O) groups is 1. The molecule has 0 aliphatic heterocycles. The van der Waals surface area contributed by atoms with Gasteiger partial charge in [-0.25, -0.2) is 0 Å². The van der Waals surface area contributed by atoms with Crippen LogP contribution in [-0.4, -0.2) is 53.6 Å². The molecule has 0 atom stereocenters. The van der Waals surface area contributed by atoms with E-state index in [4.69, 9.17) is 23.2 Å². The van der Waals surface area contributed by atoms with E-state index in [2.05, 4.69) is 28.3 Å². The predicted octanol–water partition coefficient (Wildman–Crippen LogP) is 7.00. The fourth-order valence-electron chi connectivity index (χ4n) is 5.49. The Hall–Kier alpha value is -2.18. The number of fused-ring (bicyclic) bond motifs is 1. The van der Waals surface area contributed by atoms with Crippen LogP contribution in [0.25, 0.3) is 22.0 Å². The molecule has 196 valence electrons. The monoisotopic (exact) mass is 539 g/mol. The molecule has 7 heteroatoms. The number of halogens is 2. The van der Waals surface area contributed by atoms with Gasteiger partial charge >= 0.3 is 0 Å². The number of nitrogens with one attached hydrogen (secondary N) is 1. The summed E-state index contributed by atoms with van der Waals surface area (Å²) in [6.45, 7) is 3.84. The lowest BCUT2D eigenvalue weighted by Crippen LogP contribution is -2.33. The van der Waals surface area contributed by atoms with E-state index in [1.165, 1.54) is 0 Å². The lowest BCUT2D eigenvalue weighted by molar-refractivity contribution is 0.0968. The third-order valence-electron chi connectivity index (χ3n) is 7.94. The highest BCUT2D eigenvalue weighted by atomic mass is 35.5. The quantitative estimate of drug-likeness (QED) is 0.286. The highest BCUT2D eigenvalue weighted by Crippen LogP contribution is 2.39. The van der Waals surface area contributed by atoms with E-state index in [0.717, 1.165) is 78.4 Å². The molecule has 0 saturated heterocycles. The second-order valence-electron chi connectivity index (χ2n) is 10.8. The van der Waals surface area contributed by atoms with Crippen LogP contribution in [0.5, 0.6) is 0 Å². The second-order valence-corrected chi connectivity index (χ2v) is 11.6. The van der Waals surface area contributed by atoms with Gasteiger partial charge < -0.3 is 15.3 Å². The van der Waals surface area contributed by atoms with Crippen molar-refractivity contribution in [2.75, 3.05) is 32.1 Å². The Kier molecular flexibility index (Phi) is 8.06. The molecule has 2 saturated carbocycles. The average molecular weight is 541 g/mol. The summed E-state index contributed by atoms with van der Waals surface area (Å²) in [5, 5.41) is 15.2. The third kappa shape index (κ3) is 5.96. The van der Waals surface area contributed by atoms with Crippen molar-refractivity contribution in [2.45, 2.75) is 51.5 Å². The normalized spacial score (nSPS) is 19.9. The molecule has 2 N–H and O–H groups in total. The molecule has 1 aromatic heterocycles. The fraction of sp³-hybridized carbons (Fsp3) is 0.467. The summed E-state index contributed by atoms with van der Waals surface area (Å²) in [6.07, 6.45) is 8.07. The number of carbonyl (C=O) groups excluding carboxylic acids is 1. The first-order valence-electron chi connectivity index (χ1n) is 13.3. The maximum absolute atomic E-state index is 13.3. The summed E-state index contributed by atoms with van der Waals surface area (Å²) in [5.74, 6) is 0.956. The van der Waals surface area contributed by atoms with E-state index in [1.54, 1.807) is 6.20 Å². The number of likely N-dealkylation sites (N-methyl/N-ethyl adjacent to an activating group) is 1. The van der Waals surface area contributed by atoms with Gasteiger partial charge in [-0.3, -0.25) is 9.78 Å². The van der Waals surface area contributed by atoms with Crippen molar-refractivity contribution >= 4 is 45.6 Å². The van der Waals surface area contributed by atoms with Crippen molar-refractivity contribution in [3.63, 3.8) is 0 Å². The van der Waals surface area contributed by atoms with Gasteiger partial charge in [0.05, 0.1) is 23.4 Å². The number of aliphatic hydroxyl groups is 1. The van der Waals surface area contributed by atoms with Crippen LogP contribution in [0.2, 0.25) is 10.0 Å². The van der Waals surface area contributed by atoms with Gasteiger partial charge in [-0.05, 0) is 99.4 Å². The maximum atomic E-state index is 13.3. The largest absolute Gasteiger partial charge is 0.395 e. The number of nitrogens with zero attached hydrogens (tertiary/aromatic N) is 2. The average Bonchev–Trinajstić information content (AvgIpc) is 3.73. The number of ketones is 1. The molecule has 0 radical (unpaired) electrons. The molecule has 2 fully saturated rings. The van der Waals surface area contributed by atoms with Gasteiger partial charge in [-0.2, -0.15) is 0 Å². The van der Waals surface area contributed by atoms with E-state index >= 15 is 0 Å². The Morgan fingerprint density at radius 1 is 1.05 bits per heavy atom. The maximum Gasteiger partial charge on any atom is 0.169 e. The van der Waals surface area contributed by atoms with E-state index in [1.807, 2.05) is 31.2 Å². The Morgan fingerprint density at radius 3 is 2.41 bits per heavy atom. The van der Waals surface area contributed by atoms with Gasteiger partial charge in [-0.1, -0.05) is 29.3 Å². The molecule has 2 aliphatic carbocycles. The third-order valence-corrected chi connectivity index (χ3v) is 8.73. The van der Waals surface area contributed by atoms with Crippen molar-refractivity contribution < 1.29 is 9.90 Å². The molecular formula is C30H35Cl2N3O2. The van der Waals surface area contributed by atoms with Crippen LogP contribution < -0.4 is 5.32 Å². The number of pyridine rings is 1. The first-order valence-corrected chi connectivity index (χ1v) is 14.1. The molecule has 37 heavy (non-hydrogen) atoms. The van der Waals surface area contributed by atoms with Crippen LogP contribution in [0.3, 0.4) is 0 Å². The minimum absolute atomic E-state index is 0.121. The first kappa shape index (κ1) is 26.4. The number of rotatable bonds is 9. The Balaban J connectivity index is 1.46. The lowest BCUT2D eigenvalue weighted by atomic mass is 9.85. The van der Waals surface area contributed by atoms with Gasteiger partial charge in [0.1, 0.15) is 0 Å². The summed E-state index contributed by atoms with van der Waals surface area (Å²) in [7, 11) is 2.07. The minimum Gasteiger partial charge on any atom is -0.395 e. The Bertz CT molecular complexity index is 1280. The zero-order chi connectivity index (χ0) is 26.1. The van der Waals surface area contributed by atoms with Crippen LogP contribution in [0.15, 0.2) is 36.5 Å². The zero-order valence-electron chi connectivity index (χ0n) is 21.6. The standard InChI is InChI=1S/C30H35Cl2N3O2/c1-18-26(31)14-22(15-27(18)32)21-7-10-28-24(13-21)29(25(16-33-28)30(37)20-5-6-20)34-23-8-3-19(4-9-23)17-35(2)11-12-36/h7,10,13-16,19-20,23,36H,3-6,8-9,11-12,17H2,1-2H3,(H,33,34). The van der Waals surface area contributed by atoms with Crippen LogP contribution in [0.1, 0.15) is 54.4 Å². The summed E-state index contributed by atoms with van der Waals surface area (Å²) in [6, 6.07) is 10.4. The molecule has 5 rings (SSSR count). The van der Waals surface area contributed by atoms with Gasteiger partial charge in [0.15, 0.2) is 5.78 Å². The summed E-state index contributed by atoms with van der Waals surface area (Å²) >= 11 is 12.9. The number of aromatic nitrogens is 1. The lowest BCUT2D eigenvalue weighted by Gasteiger charge is -2.32. The first-order chi connectivity index (χ1) is 17.8. The van der Waals surface area contributed by atoms with Crippen molar-refractivity contribution in [3.05, 3.63) is 57.7 Å². The molecule has 0 amide bonds. The van der Waals surface area contributed by atoms with Crippen molar-refractivity contribution in [3.8, 4) is 11.1 Å². The molecule has 2 aliphatic rings. The van der Waals surface area contributed by atoms with E-state index in [9.17, 15) is 9.90 Å². The minimum atomic E-state index is 0.121. The molecule has 0 spiro atoms. The van der Waals surface area contributed by atoms with Crippen LogP contribution >= 0.6 is 23.2 Å². The zero-order valence-corrected chi connectivity index (χ0v) is 23.1. The van der Waals surface area contributed by atoms with E-state index in [-0.39, 0.29) is 18.3 Å². The number of hydrogen-bond donors (Lipinski definition) is 2. The van der Waals surface area contributed by atoms with E-state index < -0.39 is 0 Å². The van der Waals surface area contributed by atoms with Gasteiger partial charge in [-0.15, -0.1) is 0 Å². The number of aliphatic hydroxyl groups excluding tert-OH is 1. The number of anilines is 1. The SMILES string of the molecule is Cc1c(Cl)cc(-c2ccc3ncc(C(=O)C4CC4)c(NC4CCC(CN(C)CCO)CC4)c3c2)cc1Cl. The molecular weight excluding hydrogens is 505 g/mol. The van der Waals surface area contributed by atoms with E-state index in [0.29, 0.717) is 34.1 Å². The second kappa shape index (κ2) is 11.3. The van der Waals surface area contributed by atoms with Gasteiger partial charge in [0.25, 0.3) is 0 Å². The van der Waals surface area contributed by atoms with Crippen molar-refractivity contribution in [2.24, 2.45) is 11.8 Å². The van der Waals surface area contributed by atoms with Gasteiger partial charge in [0.2, 0.25) is 0 Å². The summed E-state index contributed by atoms with van der Waals surface area (Å²) in [4.78, 5) is 20.2. The fourth-order valence-corrected chi connectivity index (χ4v) is 5.98. The highest BCUT2D eigenvalue weighted by Gasteiger charge is 2.33. The van der Waals surface area contributed by atoms with Crippen LogP contribution in [0.4, 0.5) is 5.69 Å². The highest BCUT2D eigenvalue weighted by molar-refractivity contribution is 6.36. The molecule has 2 aromatic carbocycles. The topological polar surface area (TPSA) is 65.5 Å². The molecule has 3 aromatic rings.